The lowest BCUT2D eigenvalue weighted by Gasteiger charge is -2.33. The van der Waals surface area contributed by atoms with E-state index in [4.69, 9.17) is 9.47 Å². The number of amides is 2. The zero-order chi connectivity index (χ0) is 24.5. The SMILES string of the molecule is CCCC[C@@H]1C=C2CC(C(=O)OCC)(C(=O)OCC)C[C@@H]2[C@@H]2C(=O)N(c3ccccc3)C(=O)[C@@H]21. The van der Waals surface area contributed by atoms with E-state index in [1.54, 1.807) is 38.1 Å². The maximum Gasteiger partial charge on any atom is 0.323 e. The Morgan fingerprint density at radius 3 is 2.18 bits per heavy atom. The van der Waals surface area contributed by atoms with Crippen LogP contribution in [0.4, 0.5) is 5.69 Å². The highest BCUT2D eigenvalue weighted by Crippen LogP contribution is 2.58. The Balaban J connectivity index is 1.76. The number of allylic oxidation sites excluding steroid dienone is 2. The van der Waals surface area contributed by atoms with Gasteiger partial charge in [0, 0.05) is 0 Å². The Morgan fingerprint density at radius 2 is 1.59 bits per heavy atom. The number of ether oxygens (including phenoxy) is 2. The Bertz CT molecular complexity index is 982. The molecule has 7 nitrogen and oxygen atoms in total. The second kappa shape index (κ2) is 9.72. The van der Waals surface area contributed by atoms with E-state index in [-0.39, 0.29) is 49.7 Å². The molecule has 1 aliphatic heterocycles. The van der Waals surface area contributed by atoms with Gasteiger partial charge < -0.3 is 9.47 Å². The Morgan fingerprint density at radius 1 is 0.971 bits per heavy atom. The molecule has 0 aromatic heterocycles. The van der Waals surface area contributed by atoms with E-state index in [1.165, 1.54) is 4.90 Å². The number of imide groups is 1. The van der Waals surface area contributed by atoms with E-state index in [0.29, 0.717) is 5.69 Å². The molecule has 0 unspecified atom stereocenters. The minimum atomic E-state index is -1.48. The standard InChI is InChI=1S/C27H33NO6/c1-4-7-11-17-14-18-15-27(25(31)33-5-2,26(32)34-6-3)16-20(18)22-21(17)23(29)28(24(22)30)19-12-9-8-10-13-19/h8-10,12-14,17,20-22H,4-7,11,15-16H2,1-3H3/t17-,20+,21-,22+/m1/s1. The highest BCUT2D eigenvalue weighted by atomic mass is 16.6. The van der Waals surface area contributed by atoms with Gasteiger partial charge in [-0.2, -0.15) is 0 Å². The van der Waals surface area contributed by atoms with Gasteiger partial charge in [-0.25, -0.2) is 0 Å². The van der Waals surface area contributed by atoms with Crippen LogP contribution in [0.1, 0.15) is 52.9 Å². The largest absolute Gasteiger partial charge is 0.465 e. The maximum atomic E-state index is 13.8. The average Bonchev–Trinajstić information content (AvgIpc) is 3.34. The molecule has 3 aliphatic rings. The molecule has 2 aliphatic carbocycles. The van der Waals surface area contributed by atoms with Crippen LogP contribution in [0.25, 0.3) is 0 Å². The third-order valence-corrected chi connectivity index (χ3v) is 7.51. The van der Waals surface area contributed by atoms with Gasteiger partial charge in [-0.05, 0) is 57.1 Å². The molecule has 7 heteroatoms. The summed E-state index contributed by atoms with van der Waals surface area (Å²) in [5.74, 6) is -3.23. The van der Waals surface area contributed by atoms with Crippen molar-refractivity contribution in [2.24, 2.45) is 29.1 Å². The summed E-state index contributed by atoms with van der Waals surface area (Å²) in [6.45, 7) is 5.79. The smallest absolute Gasteiger partial charge is 0.323 e. The summed E-state index contributed by atoms with van der Waals surface area (Å²) in [4.78, 5) is 54.9. The molecule has 1 saturated heterocycles. The minimum absolute atomic E-state index is 0.110. The van der Waals surface area contributed by atoms with Crippen molar-refractivity contribution in [2.45, 2.75) is 52.9 Å². The Hall–Kier alpha value is -2.96. The van der Waals surface area contributed by atoms with Crippen molar-refractivity contribution in [2.75, 3.05) is 18.1 Å². The van der Waals surface area contributed by atoms with Crippen LogP contribution in [0.2, 0.25) is 0 Å². The van der Waals surface area contributed by atoms with Crippen molar-refractivity contribution < 1.29 is 28.7 Å². The number of anilines is 1. The summed E-state index contributed by atoms with van der Waals surface area (Å²) in [5.41, 5.74) is -0.0156. The Kier molecular flexibility index (Phi) is 6.91. The van der Waals surface area contributed by atoms with Crippen molar-refractivity contribution in [3.05, 3.63) is 42.0 Å². The molecule has 4 atom stereocenters. The first kappa shape index (κ1) is 24.2. The third-order valence-electron chi connectivity index (χ3n) is 7.51. The molecule has 4 rings (SSSR count). The summed E-state index contributed by atoms with van der Waals surface area (Å²) in [7, 11) is 0. The van der Waals surface area contributed by atoms with Crippen LogP contribution in [-0.4, -0.2) is 37.0 Å². The number of para-hydroxylation sites is 1. The first-order valence-electron chi connectivity index (χ1n) is 12.4. The number of esters is 2. The number of nitrogens with zero attached hydrogens (tertiary/aromatic N) is 1. The first-order valence-corrected chi connectivity index (χ1v) is 12.4. The van der Waals surface area contributed by atoms with Gasteiger partial charge in [0.15, 0.2) is 5.41 Å². The van der Waals surface area contributed by atoms with Crippen molar-refractivity contribution in [1.29, 1.82) is 0 Å². The van der Waals surface area contributed by atoms with Gasteiger partial charge in [0.05, 0.1) is 30.7 Å². The van der Waals surface area contributed by atoms with Crippen LogP contribution >= 0.6 is 0 Å². The number of rotatable bonds is 8. The minimum Gasteiger partial charge on any atom is -0.465 e. The van der Waals surface area contributed by atoms with Crippen molar-refractivity contribution in [1.82, 2.24) is 0 Å². The van der Waals surface area contributed by atoms with Crippen LogP contribution in [0.15, 0.2) is 42.0 Å². The second-order valence-electron chi connectivity index (χ2n) is 9.46. The summed E-state index contributed by atoms with van der Waals surface area (Å²) in [5, 5.41) is 0. The lowest BCUT2D eigenvalue weighted by atomic mass is 9.67. The van der Waals surface area contributed by atoms with E-state index in [9.17, 15) is 19.2 Å². The molecule has 34 heavy (non-hydrogen) atoms. The fourth-order valence-electron chi connectivity index (χ4n) is 6.03. The van der Waals surface area contributed by atoms with E-state index >= 15 is 0 Å². The molecule has 0 spiro atoms. The summed E-state index contributed by atoms with van der Waals surface area (Å²) >= 11 is 0. The molecule has 0 N–H and O–H groups in total. The lowest BCUT2D eigenvalue weighted by Crippen LogP contribution is -2.41. The monoisotopic (exact) mass is 467 g/mol. The molecule has 2 fully saturated rings. The summed E-state index contributed by atoms with van der Waals surface area (Å²) < 4.78 is 10.6. The van der Waals surface area contributed by atoms with Gasteiger partial charge in [-0.1, -0.05) is 49.6 Å². The number of carbonyl (C=O) groups excluding carboxylic acids is 4. The number of hydrogen-bond acceptors (Lipinski definition) is 6. The third kappa shape index (κ3) is 3.85. The molecular weight excluding hydrogens is 434 g/mol. The van der Waals surface area contributed by atoms with Gasteiger partial charge in [-0.15, -0.1) is 0 Å². The molecule has 182 valence electrons. The van der Waals surface area contributed by atoms with E-state index in [0.717, 1.165) is 24.8 Å². The fraction of sp³-hybridized carbons (Fsp3) is 0.556. The van der Waals surface area contributed by atoms with Gasteiger partial charge >= 0.3 is 11.9 Å². The zero-order valence-electron chi connectivity index (χ0n) is 20.1. The predicted molar refractivity (Wildman–Crippen MR) is 125 cm³/mol. The molecule has 0 bridgehead atoms. The normalized spacial score (nSPS) is 27.1. The van der Waals surface area contributed by atoms with Gasteiger partial charge in [0.25, 0.3) is 0 Å². The molecule has 1 aromatic carbocycles. The molecule has 0 radical (unpaired) electrons. The highest BCUT2D eigenvalue weighted by molar-refractivity contribution is 6.22. The highest BCUT2D eigenvalue weighted by Gasteiger charge is 2.64. The van der Waals surface area contributed by atoms with E-state index in [1.807, 2.05) is 6.07 Å². The van der Waals surface area contributed by atoms with Crippen molar-refractivity contribution in [3.63, 3.8) is 0 Å². The number of hydrogen-bond donors (Lipinski definition) is 0. The first-order chi connectivity index (χ1) is 16.4. The summed E-state index contributed by atoms with van der Waals surface area (Å²) in [6, 6.07) is 8.98. The topological polar surface area (TPSA) is 90.0 Å². The van der Waals surface area contributed by atoms with Crippen LogP contribution < -0.4 is 4.90 Å². The van der Waals surface area contributed by atoms with Gasteiger partial charge in [0.1, 0.15) is 0 Å². The van der Waals surface area contributed by atoms with Crippen LogP contribution in [-0.2, 0) is 28.7 Å². The van der Waals surface area contributed by atoms with Crippen LogP contribution in [0, 0.1) is 29.1 Å². The number of fused-ring (bicyclic) bond motifs is 3. The average molecular weight is 468 g/mol. The fourth-order valence-corrected chi connectivity index (χ4v) is 6.03. The van der Waals surface area contributed by atoms with Gasteiger partial charge in [-0.3, -0.25) is 24.1 Å². The number of carbonyl (C=O) groups is 4. The van der Waals surface area contributed by atoms with Crippen molar-refractivity contribution >= 4 is 29.4 Å². The summed E-state index contributed by atoms with van der Waals surface area (Å²) in [6.07, 6.45) is 5.05. The molecule has 1 aromatic rings. The lowest BCUT2D eigenvalue weighted by molar-refractivity contribution is -0.172. The Labute approximate surface area is 200 Å². The number of benzene rings is 1. The predicted octanol–water partition coefficient (Wildman–Crippen LogP) is 4.06. The van der Waals surface area contributed by atoms with Crippen molar-refractivity contribution in [3.8, 4) is 0 Å². The van der Waals surface area contributed by atoms with Gasteiger partial charge in [0.2, 0.25) is 11.8 Å². The maximum absolute atomic E-state index is 13.8. The molecule has 2 amide bonds. The molecular formula is C27H33NO6. The quantitative estimate of drug-likeness (QED) is 0.248. The molecule has 1 saturated carbocycles. The second-order valence-corrected chi connectivity index (χ2v) is 9.46. The molecule has 1 heterocycles. The van der Waals surface area contributed by atoms with Crippen LogP contribution in [0.3, 0.4) is 0 Å². The zero-order valence-corrected chi connectivity index (χ0v) is 20.1. The number of unbranched alkanes of at least 4 members (excludes halogenated alkanes) is 1. The van der Waals surface area contributed by atoms with E-state index in [2.05, 4.69) is 13.0 Å². The van der Waals surface area contributed by atoms with E-state index < -0.39 is 29.2 Å². The van der Waals surface area contributed by atoms with Crippen LogP contribution in [0.5, 0.6) is 0 Å².